The average molecular weight is 461 g/mol. The number of carbonyl (C=O) groups excluding carboxylic acids is 1. The van der Waals surface area contributed by atoms with Crippen LogP contribution in [0.1, 0.15) is 15.9 Å². The molecule has 0 saturated carbocycles. The molecule has 5 rings (SSSR count). The molecule has 3 N–H and O–H groups in total. The Morgan fingerprint density at radius 2 is 1.56 bits per heavy atom. The molecule has 1 amide bonds. The van der Waals surface area contributed by atoms with Crippen molar-refractivity contribution in [1.82, 2.24) is 4.57 Å². The number of aromatic nitrogens is 1. The number of halogens is 2. The van der Waals surface area contributed by atoms with Crippen LogP contribution in [-0.4, -0.2) is 15.6 Å². The summed E-state index contributed by atoms with van der Waals surface area (Å²) in [5.41, 5.74) is 10.4. The zero-order chi connectivity index (χ0) is 22.4. The number of amides is 1. The molecule has 0 atom stereocenters. The highest BCUT2D eigenvalue weighted by Gasteiger charge is 2.20. The van der Waals surface area contributed by atoms with Crippen molar-refractivity contribution in [3.8, 4) is 16.9 Å². The Morgan fingerprint density at radius 1 is 0.812 bits per heavy atom. The van der Waals surface area contributed by atoms with Crippen molar-refractivity contribution in [2.24, 2.45) is 5.73 Å². The molecule has 0 saturated heterocycles. The summed E-state index contributed by atoms with van der Waals surface area (Å²) in [6, 6.07) is 24.2. The van der Waals surface area contributed by atoms with Crippen molar-refractivity contribution >= 4 is 50.9 Å². The zero-order valence-electron chi connectivity index (χ0n) is 16.8. The number of aromatic hydroxyl groups is 1. The molecule has 158 valence electrons. The Kier molecular flexibility index (Phi) is 5.04. The fraction of sp³-hybridized carbons (Fsp3) is 0.0385. The van der Waals surface area contributed by atoms with Crippen LogP contribution in [0.15, 0.2) is 78.9 Å². The smallest absolute Gasteiger partial charge is 0.249 e. The maximum atomic E-state index is 12.2. The summed E-state index contributed by atoms with van der Waals surface area (Å²) in [5.74, 6) is -0.463. The molecule has 0 aliphatic heterocycles. The molecule has 32 heavy (non-hydrogen) atoms. The Labute approximate surface area is 194 Å². The molecule has 0 spiro atoms. The fourth-order valence-electron chi connectivity index (χ4n) is 4.24. The summed E-state index contributed by atoms with van der Waals surface area (Å²) in [5, 5.41) is 13.6. The van der Waals surface area contributed by atoms with Crippen LogP contribution in [0.3, 0.4) is 0 Å². The van der Waals surface area contributed by atoms with E-state index in [1.54, 1.807) is 18.2 Å². The second kappa shape index (κ2) is 7.90. The van der Waals surface area contributed by atoms with Crippen LogP contribution >= 0.6 is 23.2 Å². The molecule has 6 heteroatoms. The van der Waals surface area contributed by atoms with Crippen molar-refractivity contribution in [1.29, 1.82) is 0 Å². The third-order valence-electron chi connectivity index (χ3n) is 5.64. The number of hydrogen-bond acceptors (Lipinski definition) is 2. The Bertz CT molecular complexity index is 1500. The molecule has 0 aliphatic rings. The van der Waals surface area contributed by atoms with Gasteiger partial charge in [0.05, 0.1) is 16.4 Å². The number of rotatable bonds is 4. The van der Waals surface area contributed by atoms with Gasteiger partial charge in [-0.25, -0.2) is 0 Å². The topological polar surface area (TPSA) is 68.2 Å². The number of nitrogens with zero attached hydrogens (tertiary/aromatic N) is 1. The Morgan fingerprint density at radius 3 is 2.28 bits per heavy atom. The van der Waals surface area contributed by atoms with Gasteiger partial charge in [-0.3, -0.25) is 4.79 Å². The van der Waals surface area contributed by atoms with E-state index in [1.165, 1.54) is 0 Å². The quantitative estimate of drug-likeness (QED) is 0.316. The highest BCUT2D eigenvalue weighted by molar-refractivity contribution is 6.31. The molecule has 0 bridgehead atoms. The van der Waals surface area contributed by atoms with Crippen molar-refractivity contribution in [3.63, 3.8) is 0 Å². The summed E-state index contributed by atoms with van der Waals surface area (Å²) >= 11 is 12.3. The predicted molar refractivity (Wildman–Crippen MR) is 131 cm³/mol. The molecule has 1 heterocycles. The minimum Gasteiger partial charge on any atom is -0.507 e. The van der Waals surface area contributed by atoms with Crippen molar-refractivity contribution in [2.45, 2.75) is 6.54 Å². The van der Waals surface area contributed by atoms with Gasteiger partial charge in [-0.1, -0.05) is 53.5 Å². The van der Waals surface area contributed by atoms with Gasteiger partial charge in [0.1, 0.15) is 5.75 Å². The lowest BCUT2D eigenvalue weighted by Crippen LogP contribution is -2.11. The van der Waals surface area contributed by atoms with E-state index in [1.807, 2.05) is 60.7 Å². The van der Waals surface area contributed by atoms with Crippen LogP contribution < -0.4 is 5.73 Å². The second-order valence-electron chi connectivity index (χ2n) is 7.68. The standard InChI is InChI=1S/C26H18Cl2N2O2/c27-18-9-7-16(8-10-18)17-12-22-25(23(31)13-17)24-20(26(29)32)5-2-6-21(24)30(22)14-15-3-1-4-19(28)11-15/h1-13,31H,14H2,(H2,29,32). The predicted octanol–water partition coefficient (Wildman–Crippen LogP) is 6.62. The molecule has 4 nitrogen and oxygen atoms in total. The number of carbonyl (C=O) groups is 1. The maximum absolute atomic E-state index is 12.2. The summed E-state index contributed by atoms with van der Waals surface area (Å²) < 4.78 is 2.07. The van der Waals surface area contributed by atoms with Crippen LogP contribution in [0.4, 0.5) is 0 Å². The lowest BCUT2D eigenvalue weighted by molar-refractivity contribution is 0.100. The second-order valence-corrected chi connectivity index (χ2v) is 8.55. The van der Waals surface area contributed by atoms with E-state index in [0.717, 1.165) is 27.7 Å². The van der Waals surface area contributed by atoms with E-state index in [0.29, 0.717) is 32.9 Å². The number of hydrogen-bond donors (Lipinski definition) is 2. The molecule has 0 unspecified atom stereocenters. The molecule has 0 radical (unpaired) electrons. The first-order valence-corrected chi connectivity index (χ1v) is 10.8. The normalized spacial score (nSPS) is 11.3. The average Bonchev–Trinajstić information content (AvgIpc) is 3.08. The first-order chi connectivity index (χ1) is 15.4. The minimum atomic E-state index is -0.543. The number of nitrogens with two attached hydrogens (primary N) is 1. The Balaban J connectivity index is 1.84. The van der Waals surface area contributed by atoms with E-state index < -0.39 is 5.91 Å². The summed E-state index contributed by atoms with van der Waals surface area (Å²) in [6.07, 6.45) is 0. The third-order valence-corrected chi connectivity index (χ3v) is 6.13. The van der Waals surface area contributed by atoms with Crippen molar-refractivity contribution in [3.05, 3.63) is 100 Å². The number of fused-ring (bicyclic) bond motifs is 3. The zero-order valence-corrected chi connectivity index (χ0v) is 18.4. The fourth-order valence-corrected chi connectivity index (χ4v) is 4.58. The molecule has 0 aliphatic carbocycles. The molecular formula is C26H18Cl2N2O2. The SMILES string of the molecule is NC(=O)c1cccc2c1c1c(O)cc(-c3ccc(Cl)cc3)cc1n2Cc1cccc(Cl)c1. The monoisotopic (exact) mass is 460 g/mol. The molecule has 5 aromatic rings. The van der Waals surface area contributed by atoms with Crippen LogP contribution in [-0.2, 0) is 6.54 Å². The van der Waals surface area contributed by atoms with E-state index in [4.69, 9.17) is 28.9 Å². The van der Waals surface area contributed by atoms with Crippen LogP contribution in [0, 0.1) is 0 Å². The van der Waals surface area contributed by atoms with Gasteiger partial charge in [0, 0.05) is 27.5 Å². The summed E-state index contributed by atoms with van der Waals surface area (Å²) in [6.45, 7) is 0.506. The molecule has 4 aromatic carbocycles. The minimum absolute atomic E-state index is 0.0796. The van der Waals surface area contributed by atoms with E-state index in [2.05, 4.69) is 4.57 Å². The number of primary amides is 1. The van der Waals surface area contributed by atoms with Gasteiger partial charge in [0.15, 0.2) is 0 Å². The van der Waals surface area contributed by atoms with Crippen LogP contribution in [0.5, 0.6) is 5.75 Å². The van der Waals surface area contributed by atoms with Gasteiger partial charge in [-0.05, 0) is 65.2 Å². The summed E-state index contributed by atoms with van der Waals surface area (Å²) in [7, 11) is 0. The van der Waals surface area contributed by atoms with E-state index >= 15 is 0 Å². The lowest BCUT2D eigenvalue weighted by Gasteiger charge is -2.10. The molecular weight excluding hydrogens is 443 g/mol. The van der Waals surface area contributed by atoms with Crippen LogP contribution in [0.2, 0.25) is 10.0 Å². The van der Waals surface area contributed by atoms with Gasteiger partial charge >= 0.3 is 0 Å². The lowest BCUT2D eigenvalue weighted by atomic mass is 10.0. The number of phenolic OH excluding ortho intramolecular Hbond substituents is 1. The van der Waals surface area contributed by atoms with Crippen molar-refractivity contribution in [2.75, 3.05) is 0 Å². The van der Waals surface area contributed by atoms with Gasteiger partial charge in [0.25, 0.3) is 0 Å². The number of phenols is 1. The Hall–Kier alpha value is -3.47. The largest absolute Gasteiger partial charge is 0.507 e. The van der Waals surface area contributed by atoms with E-state index in [-0.39, 0.29) is 5.75 Å². The molecule has 0 fully saturated rings. The van der Waals surface area contributed by atoms with Crippen molar-refractivity contribution < 1.29 is 9.90 Å². The summed E-state index contributed by atoms with van der Waals surface area (Å²) in [4.78, 5) is 12.2. The van der Waals surface area contributed by atoms with Gasteiger partial charge in [-0.2, -0.15) is 0 Å². The van der Waals surface area contributed by atoms with Gasteiger partial charge in [-0.15, -0.1) is 0 Å². The highest BCUT2D eigenvalue weighted by atomic mass is 35.5. The first-order valence-electron chi connectivity index (χ1n) is 10.0. The van der Waals surface area contributed by atoms with Gasteiger partial charge in [0.2, 0.25) is 5.91 Å². The maximum Gasteiger partial charge on any atom is 0.249 e. The van der Waals surface area contributed by atoms with Crippen LogP contribution in [0.25, 0.3) is 32.9 Å². The number of benzene rings is 4. The van der Waals surface area contributed by atoms with E-state index in [9.17, 15) is 9.90 Å². The third kappa shape index (κ3) is 3.48. The van der Waals surface area contributed by atoms with Gasteiger partial charge < -0.3 is 15.4 Å². The molecule has 1 aromatic heterocycles. The first kappa shape index (κ1) is 20.4. The highest BCUT2D eigenvalue weighted by Crippen LogP contribution is 2.40.